The molecule has 0 spiro atoms. The summed E-state index contributed by atoms with van der Waals surface area (Å²) in [6.07, 6.45) is 0. The number of fused-ring (bicyclic) bond motifs is 1. The quantitative estimate of drug-likeness (QED) is 0.483. The first kappa shape index (κ1) is 20.7. The number of aromatic nitrogens is 3. The summed E-state index contributed by atoms with van der Waals surface area (Å²) in [6.45, 7) is 8.53. The number of hydrogen-bond donors (Lipinski definition) is 2. The maximum atomic E-state index is 13.2. The van der Waals surface area contributed by atoms with Crippen molar-refractivity contribution < 1.29 is 0 Å². The molecule has 8 heteroatoms. The Morgan fingerprint density at radius 3 is 2.59 bits per heavy atom. The lowest BCUT2D eigenvalue weighted by Gasteiger charge is -2.29. The molecule has 1 fully saturated rings. The second kappa shape index (κ2) is 8.72. The van der Waals surface area contributed by atoms with Gasteiger partial charge in [-0.05, 0) is 55.6 Å². The molecular formula is C24H26N6OS. The predicted molar refractivity (Wildman–Crippen MR) is 132 cm³/mol. The van der Waals surface area contributed by atoms with Crippen LogP contribution in [-0.2, 0) is 6.54 Å². The number of benzene rings is 1. The zero-order chi connectivity index (χ0) is 22.1. The summed E-state index contributed by atoms with van der Waals surface area (Å²) < 4.78 is 1.73. The summed E-state index contributed by atoms with van der Waals surface area (Å²) in [7, 11) is 0. The van der Waals surface area contributed by atoms with Crippen molar-refractivity contribution >= 4 is 39.7 Å². The van der Waals surface area contributed by atoms with Crippen molar-refractivity contribution in [3.63, 3.8) is 0 Å². The first-order chi connectivity index (χ1) is 15.6. The highest BCUT2D eigenvalue weighted by molar-refractivity contribution is 7.13. The van der Waals surface area contributed by atoms with Gasteiger partial charge in [0.05, 0.1) is 11.3 Å². The zero-order valence-corrected chi connectivity index (χ0v) is 19.1. The number of nitrogens with zero attached hydrogens (tertiary/aromatic N) is 4. The largest absolute Gasteiger partial charge is 0.369 e. The minimum absolute atomic E-state index is 0.0214. The fraction of sp³-hybridized carbons (Fsp3) is 0.292. The van der Waals surface area contributed by atoms with E-state index in [0.717, 1.165) is 47.8 Å². The van der Waals surface area contributed by atoms with E-state index in [1.807, 2.05) is 49.6 Å². The van der Waals surface area contributed by atoms with Crippen LogP contribution in [0.1, 0.15) is 12.6 Å². The molecule has 0 radical (unpaired) electrons. The van der Waals surface area contributed by atoms with Gasteiger partial charge in [-0.2, -0.15) is 4.98 Å². The fourth-order valence-corrected chi connectivity index (χ4v) is 4.89. The summed E-state index contributed by atoms with van der Waals surface area (Å²) in [6, 6.07) is 14.2. The van der Waals surface area contributed by atoms with Crippen molar-refractivity contribution in [3.8, 4) is 10.4 Å². The molecule has 0 bridgehead atoms. The third-order valence-electron chi connectivity index (χ3n) is 5.84. The third kappa shape index (κ3) is 3.87. The Labute approximate surface area is 190 Å². The lowest BCUT2D eigenvalue weighted by atomic mass is 10.1. The molecule has 1 aromatic carbocycles. The van der Waals surface area contributed by atoms with Gasteiger partial charge >= 0.3 is 0 Å². The number of anilines is 3. The fourth-order valence-electron chi connectivity index (χ4n) is 4.15. The van der Waals surface area contributed by atoms with Crippen LogP contribution >= 0.6 is 11.3 Å². The van der Waals surface area contributed by atoms with Crippen LogP contribution in [0.25, 0.3) is 21.5 Å². The molecule has 7 nitrogen and oxygen atoms in total. The SMILES string of the molecule is CCn1c(=O)c(-c2cccs2)cc2c(C)nc(Nc3ccc(N4CCNCC4)cc3)nc21. The molecule has 32 heavy (non-hydrogen) atoms. The second-order valence-corrected chi connectivity index (χ2v) is 8.81. The minimum atomic E-state index is -0.0214. The summed E-state index contributed by atoms with van der Waals surface area (Å²) in [5.74, 6) is 0.496. The maximum absolute atomic E-state index is 13.2. The molecule has 1 aliphatic rings. The van der Waals surface area contributed by atoms with Gasteiger partial charge in [-0.1, -0.05) is 6.07 Å². The van der Waals surface area contributed by atoms with E-state index in [9.17, 15) is 4.79 Å². The van der Waals surface area contributed by atoms with Crippen LogP contribution in [0, 0.1) is 6.92 Å². The number of hydrogen-bond acceptors (Lipinski definition) is 7. The molecule has 1 saturated heterocycles. The Morgan fingerprint density at radius 1 is 1.12 bits per heavy atom. The van der Waals surface area contributed by atoms with E-state index in [2.05, 4.69) is 32.7 Å². The van der Waals surface area contributed by atoms with Gasteiger partial charge in [0, 0.05) is 54.4 Å². The van der Waals surface area contributed by atoms with Crippen molar-refractivity contribution in [3.05, 3.63) is 63.9 Å². The normalized spacial score (nSPS) is 14.1. The zero-order valence-electron chi connectivity index (χ0n) is 18.3. The topological polar surface area (TPSA) is 75.1 Å². The highest BCUT2D eigenvalue weighted by Crippen LogP contribution is 2.27. The molecule has 0 atom stereocenters. The molecule has 0 aliphatic carbocycles. The van der Waals surface area contributed by atoms with Gasteiger partial charge in [0.2, 0.25) is 5.95 Å². The van der Waals surface area contributed by atoms with Crippen LogP contribution in [0.15, 0.2) is 52.6 Å². The molecule has 4 aromatic rings. The smallest absolute Gasteiger partial charge is 0.260 e. The predicted octanol–water partition coefficient (Wildman–Crippen LogP) is 4.00. The average molecular weight is 447 g/mol. The monoisotopic (exact) mass is 446 g/mol. The van der Waals surface area contributed by atoms with E-state index in [-0.39, 0.29) is 5.56 Å². The molecule has 0 saturated carbocycles. The summed E-state index contributed by atoms with van der Waals surface area (Å²) >= 11 is 1.57. The van der Waals surface area contributed by atoms with Crippen LogP contribution in [-0.4, -0.2) is 40.7 Å². The van der Waals surface area contributed by atoms with E-state index in [1.54, 1.807) is 15.9 Å². The molecule has 1 aliphatic heterocycles. The summed E-state index contributed by atoms with van der Waals surface area (Å²) in [5, 5.41) is 9.58. The molecule has 3 aromatic heterocycles. The van der Waals surface area contributed by atoms with Gasteiger partial charge in [-0.15, -0.1) is 11.3 Å². The van der Waals surface area contributed by atoms with Crippen molar-refractivity contribution in [2.75, 3.05) is 36.4 Å². The Hall–Kier alpha value is -3.23. The van der Waals surface area contributed by atoms with Gasteiger partial charge < -0.3 is 15.5 Å². The Balaban J connectivity index is 1.49. The lowest BCUT2D eigenvalue weighted by Crippen LogP contribution is -2.43. The van der Waals surface area contributed by atoms with Crippen molar-refractivity contribution in [1.82, 2.24) is 19.9 Å². The molecule has 4 heterocycles. The maximum Gasteiger partial charge on any atom is 0.260 e. The van der Waals surface area contributed by atoms with Crippen LogP contribution in [0.3, 0.4) is 0 Å². The Bertz CT molecular complexity index is 1290. The molecular weight excluding hydrogens is 420 g/mol. The van der Waals surface area contributed by atoms with Crippen molar-refractivity contribution in [2.45, 2.75) is 20.4 Å². The number of rotatable bonds is 5. The van der Waals surface area contributed by atoms with Crippen LogP contribution < -0.4 is 21.1 Å². The third-order valence-corrected chi connectivity index (χ3v) is 6.75. The first-order valence-electron chi connectivity index (χ1n) is 10.9. The number of aryl methyl sites for hydroxylation is 2. The van der Waals surface area contributed by atoms with E-state index >= 15 is 0 Å². The minimum Gasteiger partial charge on any atom is -0.369 e. The first-order valence-corrected chi connectivity index (χ1v) is 11.8. The van der Waals surface area contributed by atoms with Gasteiger partial charge in [0.1, 0.15) is 5.65 Å². The van der Waals surface area contributed by atoms with E-state index in [1.165, 1.54) is 5.69 Å². The van der Waals surface area contributed by atoms with Crippen LogP contribution in [0.2, 0.25) is 0 Å². The number of piperazine rings is 1. The van der Waals surface area contributed by atoms with Gasteiger partial charge in [-0.25, -0.2) is 4.98 Å². The average Bonchev–Trinajstić information content (AvgIpc) is 3.35. The summed E-state index contributed by atoms with van der Waals surface area (Å²) in [4.78, 5) is 25.9. The highest BCUT2D eigenvalue weighted by atomic mass is 32.1. The lowest BCUT2D eigenvalue weighted by molar-refractivity contribution is 0.589. The standard InChI is InChI=1S/C24H26N6OS/c1-3-30-22-19(15-20(23(30)31)21-5-4-14-32-21)16(2)26-24(28-22)27-17-6-8-18(9-7-17)29-12-10-25-11-13-29/h4-9,14-15,25H,3,10-13H2,1-2H3,(H,26,27,28). The van der Waals surface area contributed by atoms with Gasteiger partial charge in [0.25, 0.3) is 5.56 Å². The highest BCUT2D eigenvalue weighted by Gasteiger charge is 2.16. The van der Waals surface area contributed by atoms with E-state index in [0.29, 0.717) is 23.7 Å². The van der Waals surface area contributed by atoms with Gasteiger partial charge in [0.15, 0.2) is 0 Å². The van der Waals surface area contributed by atoms with E-state index in [4.69, 9.17) is 4.98 Å². The second-order valence-electron chi connectivity index (χ2n) is 7.86. The number of thiophene rings is 1. The van der Waals surface area contributed by atoms with Crippen molar-refractivity contribution in [2.24, 2.45) is 0 Å². The Kier molecular flexibility index (Phi) is 5.63. The number of nitrogens with one attached hydrogen (secondary N) is 2. The Morgan fingerprint density at radius 2 is 1.91 bits per heavy atom. The van der Waals surface area contributed by atoms with E-state index < -0.39 is 0 Å². The molecule has 164 valence electrons. The molecule has 2 N–H and O–H groups in total. The molecule has 5 rings (SSSR count). The molecule has 0 unspecified atom stereocenters. The number of pyridine rings is 1. The molecule has 0 amide bonds. The van der Waals surface area contributed by atoms with Crippen LogP contribution in [0.4, 0.5) is 17.3 Å². The summed E-state index contributed by atoms with van der Waals surface area (Å²) in [5.41, 5.74) is 4.31. The van der Waals surface area contributed by atoms with Gasteiger partial charge in [-0.3, -0.25) is 9.36 Å². The van der Waals surface area contributed by atoms with Crippen molar-refractivity contribution in [1.29, 1.82) is 0 Å². The van der Waals surface area contributed by atoms with Crippen LogP contribution in [0.5, 0.6) is 0 Å².